The minimum absolute atomic E-state index is 0.176. The number of ether oxygens (including phenoxy) is 1. The van der Waals surface area contributed by atoms with E-state index in [-0.39, 0.29) is 11.7 Å². The Bertz CT molecular complexity index is 876. The Morgan fingerprint density at radius 3 is 2.77 bits per heavy atom. The van der Waals surface area contributed by atoms with Crippen LogP contribution < -0.4 is 5.32 Å². The van der Waals surface area contributed by atoms with Gasteiger partial charge in [0.1, 0.15) is 5.82 Å². The molecule has 0 unspecified atom stereocenters. The van der Waals surface area contributed by atoms with Gasteiger partial charge in [-0.2, -0.15) is 0 Å². The quantitative estimate of drug-likeness (QED) is 0.477. The number of carbonyl (C=O) groups excluding carboxylic acids is 2. The lowest BCUT2D eigenvalue weighted by atomic mass is 10.2. The summed E-state index contributed by atoms with van der Waals surface area (Å²) in [5, 5.41) is 12.3. The molecule has 0 atom stereocenters. The van der Waals surface area contributed by atoms with Gasteiger partial charge in [0.05, 0.1) is 18.4 Å². The van der Waals surface area contributed by atoms with Gasteiger partial charge in [-0.05, 0) is 35.7 Å². The molecule has 0 aliphatic rings. The van der Waals surface area contributed by atoms with Crippen LogP contribution in [0.1, 0.15) is 21.1 Å². The number of hydrogen-bond donors (Lipinski definition) is 2. The number of amides is 1. The van der Waals surface area contributed by atoms with E-state index in [4.69, 9.17) is 0 Å². The highest BCUT2D eigenvalue weighted by molar-refractivity contribution is 7.99. The van der Waals surface area contributed by atoms with Crippen molar-refractivity contribution in [3.05, 3.63) is 58.0 Å². The molecule has 1 amide bonds. The van der Waals surface area contributed by atoms with Gasteiger partial charge in [0.2, 0.25) is 11.1 Å². The molecule has 0 spiro atoms. The number of rotatable bonds is 7. The highest BCUT2D eigenvalue weighted by Gasteiger charge is 2.10. The summed E-state index contributed by atoms with van der Waals surface area (Å²) in [7, 11) is 1.32. The van der Waals surface area contributed by atoms with E-state index in [1.165, 1.54) is 23.7 Å². The number of methoxy groups -OCH3 is 1. The van der Waals surface area contributed by atoms with Crippen molar-refractivity contribution < 1.29 is 14.3 Å². The molecule has 0 fully saturated rings. The number of benzene rings is 1. The maximum atomic E-state index is 12.0. The third-order valence-corrected chi connectivity index (χ3v) is 5.08. The molecule has 0 aliphatic heterocycles. The number of esters is 1. The average molecular weight is 388 g/mol. The van der Waals surface area contributed by atoms with E-state index in [9.17, 15) is 9.59 Å². The number of nitrogens with zero attached hydrogens (tertiary/aromatic N) is 2. The predicted octanol–water partition coefficient (Wildman–Crippen LogP) is 2.97. The van der Waals surface area contributed by atoms with E-state index in [2.05, 4.69) is 25.2 Å². The normalized spacial score (nSPS) is 10.5. The number of hydrogen-bond acceptors (Lipinski definition) is 7. The topological polar surface area (TPSA) is 97.0 Å². The second-order valence-electron chi connectivity index (χ2n) is 5.23. The molecule has 2 N–H and O–H groups in total. The van der Waals surface area contributed by atoms with Gasteiger partial charge in [0, 0.05) is 17.0 Å². The summed E-state index contributed by atoms with van der Waals surface area (Å²) in [4.78, 5) is 29.0. The molecule has 134 valence electrons. The molecule has 3 aromatic rings. The van der Waals surface area contributed by atoms with Gasteiger partial charge < -0.3 is 10.1 Å². The zero-order valence-electron chi connectivity index (χ0n) is 13.9. The van der Waals surface area contributed by atoms with Gasteiger partial charge in [-0.3, -0.25) is 9.89 Å². The summed E-state index contributed by atoms with van der Waals surface area (Å²) in [6.07, 6.45) is 0.698. The number of aromatic nitrogens is 3. The highest BCUT2D eigenvalue weighted by Crippen LogP contribution is 2.17. The van der Waals surface area contributed by atoms with Gasteiger partial charge >= 0.3 is 5.97 Å². The Labute approximate surface area is 158 Å². The summed E-state index contributed by atoms with van der Waals surface area (Å²) in [5.74, 6) is 0.371. The van der Waals surface area contributed by atoms with E-state index in [0.29, 0.717) is 22.8 Å². The summed E-state index contributed by atoms with van der Waals surface area (Å²) in [6, 6.07) is 10.5. The molecular weight excluding hydrogens is 372 g/mol. The minimum atomic E-state index is -0.415. The fraction of sp³-hybridized carbons (Fsp3) is 0.176. The standard InChI is InChI=1S/C17H16N4O3S2/c1-24-16(23)11-4-6-12(7-5-11)18-15(22)10-26-17-19-14(20-21-17)9-13-3-2-8-25-13/h2-8H,9-10H2,1H3,(H,18,22)(H,19,20,21). The number of anilines is 1. The van der Waals surface area contributed by atoms with Crippen molar-refractivity contribution in [2.45, 2.75) is 11.6 Å². The third-order valence-electron chi connectivity index (χ3n) is 3.36. The fourth-order valence-electron chi connectivity index (χ4n) is 2.13. The van der Waals surface area contributed by atoms with E-state index in [1.807, 2.05) is 17.5 Å². The first-order chi connectivity index (χ1) is 12.6. The average Bonchev–Trinajstić information content (AvgIpc) is 3.32. The van der Waals surface area contributed by atoms with Crippen LogP contribution in [0.3, 0.4) is 0 Å². The molecule has 26 heavy (non-hydrogen) atoms. The Morgan fingerprint density at radius 1 is 1.27 bits per heavy atom. The van der Waals surface area contributed by atoms with Crippen molar-refractivity contribution in [3.63, 3.8) is 0 Å². The number of nitrogens with one attached hydrogen (secondary N) is 2. The van der Waals surface area contributed by atoms with Crippen LogP contribution in [-0.2, 0) is 16.0 Å². The molecule has 0 aliphatic carbocycles. The monoisotopic (exact) mass is 388 g/mol. The molecular formula is C17H16N4O3S2. The molecule has 1 aromatic carbocycles. The molecule has 3 rings (SSSR count). The predicted molar refractivity (Wildman–Crippen MR) is 101 cm³/mol. The number of H-pyrrole nitrogens is 1. The lowest BCUT2D eigenvalue weighted by molar-refractivity contribution is -0.113. The summed E-state index contributed by atoms with van der Waals surface area (Å²) in [6.45, 7) is 0. The SMILES string of the molecule is COC(=O)c1ccc(NC(=O)CSc2n[nH]c(Cc3cccs3)n2)cc1. The highest BCUT2D eigenvalue weighted by atomic mass is 32.2. The van der Waals surface area contributed by atoms with Crippen LogP contribution in [-0.4, -0.2) is 39.9 Å². The van der Waals surface area contributed by atoms with Crippen molar-refractivity contribution in [3.8, 4) is 0 Å². The molecule has 7 nitrogen and oxygen atoms in total. The number of aromatic amines is 1. The molecule has 0 saturated heterocycles. The number of thiophene rings is 1. The first-order valence-electron chi connectivity index (χ1n) is 7.69. The molecule has 9 heteroatoms. The molecule has 2 aromatic heterocycles. The van der Waals surface area contributed by atoms with Crippen molar-refractivity contribution in [2.24, 2.45) is 0 Å². The van der Waals surface area contributed by atoms with Gasteiger partial charge in [-0.1, -0.05) is 17.8 Å². The molecule has 2 heterocycles. The van der Waals surface area contributed by atoms with Crippen molar-refractivity contribution in [1.82, 2.24) is 15.2 Å². The summed E-state index contributed by atoms with van der Waals surface area (Å²) >= 11 is 2.92. The van der Waals surface area contributed by atoms with Crippen molar-refractivity contribution in [1.29, 1.82) is 0 Å². The van der Waals surface area contributed by atoms with Crippen LogP contribution in [0.4, 0.5) is 5.69 Å². The summed E-state index contributed by atoms with van der Waals surface area (Å²) < 4.78 is 4.63. The second kappa shape index (κ2) is 8.63. The van der Waals surface area contributed by atoms with Gasteiger partial charge in [-0.25, -0.2) is 9.78 Å². The largest absolute Gasteiger partial charge is 0.465 e. The Kier molecular flexibility index (Phi) is 6.03. The maximum absolute atomic E-state index is 12.0. The van der Waals surface area contributed by atoms with E-state index in [1.54, 1.807) is 35.6 Å². The van der Waals surface area contributed by atoms with Crippen LogP contribution >= 0.6 is 23.1 Å². The lowest BCUT2D eigenvalue weighted by Gasteiger charge is -2.05. The van der Waals surface area contributed by atoms with Crippen LogP contribution in [0.2, 0.25) is 0 Å². The molecule has 0 radical (unpaired) electrons. The third kappa shape index (κ3) is 4.93. The lowest BCUT2D eigenvalue weighted by Crippen LogP contribution is -2.14. The first kappa shape index (κ1) is 18.2. The zero-order valence-corrected chi connectivity index (χ0v) is 15.5. The fourth-order valence-corrected chi connectivity index (χ4v) is 3.46. The maximum Gasteiger partial charge on any atom is 0.337 e. The van der Waals surface area contributed by atoms with E-state index >= 15 is 0 Å². The molecule has 0 bridgehead atoms. The van der Waals surface area contributed by atoms with E-state index < -0.39 is 5.97 Å². The number of thioether (sulfide) groups is 1. The Balaban J connectivity index is 1.48. The van der Waals surface area contributed by atoms with Crippen LogP contribution in [0.15, 0.2) is 46.9 Å². The molecule has 0 saturated carbocycles. The van der Waals surface area contributed by atoms with Crippen molar-refractivity contribution >= 4 is 40.7 Å². The Hall–Kier alpha value is -2.65. The van der Waals surface area contributed by atoms with Crippen LogP contribution in [0.5, 0.6) is 0 Å². The van der Waals surface area contributed by atoms with Crippen LogP contribution in [0, 0.1) is 0 Å². The van der Waals surface area contributed by atoms with E-state index in [0.717, 1.165) is 5.82 Å². The van der Waals surface area contributed by atoms with Gasteiger partial charge in [-0.15, -0.1) is 16.4 Å². The van der Waals surface area contributed by atoms with Gasteiger partial charge in [0.15, 0.2) is 0 Å². The zero-order chi connectivity index (χ0) is 18.4. The second-order valence-corrected chi connectivity index (χ2v) is 7.20. The number of carbonyl (C=O) groups is 2. The minimum Gasteiger partial charge on any atom is -0.465 e. The first-order valence-corrected chi connectivity index (χ1v) is 9.55. The smallest absolute Gasteiger partial charge is 0.337 e. The van der Waals surface area contributed by atoms with Crippen molar-refractivity contribution in [2.75, 3.05) is 18.2 Å². The summed E-state index contributed by atoms with van der Waals surface area (Å²) in [5.41, 5.74) is 1.04. The van der Waals surface area contributed by atoms with Crippen LogP contribution in [0.25, 0.3) is 0 Å². The van der Waals surface area contributed by atoms with Gasteiger partial charge in [0.25, 0.3) is 0 Å². The Morgan fingerprint density at radius 2 is 2.08 bits per heavy atom.